The van der Waals surface area contributed by atoms with E-state index in [0.29, 0.717) is 55.9 Å². The molecule has 3 amide bonds. The molecule has 0 aromatic rings. The van der Waals surface area contributed by atoms with E-state index >= 15 is 0 Å². The Morgan fingerprint density at radius 3 is 1.74 bits per heavy atom. The number of cyclic esters (lactones) is 2. The normalized spacial score (nSPS) is 22.9. The zero-order valence-corrected chi connectivity index (χ0v) is 25.6. The van der Waals surface area contributed by atoms with Crippen LogP contribution in [-0.2, 0) is 33.4 Å². The predicted molar refractivity (Wildman–Crippen MR) is 154 cm³/mol. The number of carbonyl (C=O) groups excluding carboxylic acids is 5. The minimum absolute atomic E-state index is 0.0568. The van der Waals surface area contributed by atoms with E-state index in [0.717, 1.165) is 48.3 Å². The van der Waals surface area contributed by atoms with Gasteiger partial charge in [0.2, 0.25) is 0 Å². The molecule has 12 heteroatoms. The largest absolute Gasteiger partial charge is 0.456 e. The van der Waals surface area contributed by atoms with Crippen molar-refractivity contribution in [2.24, 2.45) is 0 Å². The highest BCUT2D eigenvalue weighted by atomic mass is 16.6. The van der Waals surface area contributed by atoms with Gasteiger partial charge in [0.1, 0.15) is 18.8 Å². The van der Waals surface area contributed by atoms with E-state index < -0.39 is 5.60 Å². The minimum atomic E-state index is -0.537. The molecule has 0 unspecified atom stereocenters. The first-order valence-corrected chi connectivity index (χ1v) is 14.8. The summed E-state index contributed by atoms with van der Waals surface area (Å²) in [7, 11) is 0. The quantitative estimate of drug-likeness (QED) is 0.376. The molecule has 0 bridgehead atoms. The molecule has 0 spiro atoms. The molecule has 6 aliphatic rings. The van der Waals surface area contributed by atoms with Gasteiger partial charge >= 0.3 is 18.0 Å². The highest BCUT2D eigenvalue weighted by molar-refractivity contribution is 6.01. The minimum Gasteiger partial charge on any atom is -0.456 e. The second kappa shape index (κ2) is 12.0. The summed E-state index contributed by atoms with van der Waals surface area (Å²) in [5.74, 6) is -0.683. The zero-order valence-electron chi connectivity index (χ0n) is 25.6. The standard InChI is InChI=1S/C18H24N2O5.C13H16N2O3/c1-11-14(10-24-16(11)22)20-9-12-5-7-19(8-6-13(12)15(20)21)17(23)25-18(2,3)4;1-8-11(7-18-13(8)17)15-6-9-2-4-14-5-3-10(9)12(15)16/h5-10H2,1-4H3;14H,2-7H2,1H3. The molecule has 0 saturated heterocycles. The van der Waals surface area contributed by atoms with E-state index in [4.69, 9.17) is 14.2 Å². The lowest BCUT2D eigenvalue weighted by Crippen LogP contribution is -2.38. The van der Waals surface area contributed by atoms with Crippen LogP contribution in [0.3, 0.4) is 0 Å². The third-order valence-electron chi connectivity index (χ3n) is 8.49. The van der Waals surface area contributed by atoms with Gasteiger partial charge in [-0.3, -0.25) is 9.59 Å². The first-order chi connectivity index (χ1) is 20.4. The van der Waals surface area contributed by atoms with Crippen LogP contribution in [0.1, 0.15) is 60.3 Å². The van der Waals surface area contributed by atoms with E-state index in [1.165, 1.54) is 5.57 Å². The van der Waals surface area contributed by atoms with Crippen molar-refractivity contribution in [2.45, 2.75) is 65.9 Å². The fraction of sp³-hybridized carbons (Fsp3) is 0.581. The van der Waals surface area contributed by atoms with Crippen LogP contribution in [-0.4, -0.2) is 103 Å². The molecule has 0 aromatic carbocycles. The number of amides is 3. The number of nitrogens with zero attached hydrogens (tertiary/aromatic N) is 3. The van der Waals surface area contributed by atoms with Crippen LogP contribution in [0, 0.1) is 0 Å². The number of nitrogens with one attached hydrogen (secondary N) is 1. The second-order valence-electron chi connectivity index (χ2n) is 12.5. The zero-order chi connectivity index (χ0) is 31.1. The van der Waals surface area contributed by atoms with Crippen LogP contribution in [0.4, 0.5) is 4.79 Å². The second-order valence-corrected chi connectivity index (χ2v) is 12.5. The lowest BCUT2D eigenvalue weighted by Gasteiger charge is -2.27. The number of esters is 2. The van der Waals surface area contributed by atoms with Gasteiger partial charge in [-0.15, -0.1) is 0 Å². The van der Waals surface area contributed by atoms with Crippen molar-refractivity contribution < 1.29 is 38.2 Å². The monoisotopic (exact) mass is 596 g/mol. The fourth-order valence-electron chi connectivity index (χ4n) is 6.02. The van der Waals surface area contributed by atoms with Crippen LogP contribution in [0.2, 0.25) is 0 Å². The van der Waals surface area contributed by atoms with E-state index in [2.05, 4.69) is 5.32 Å². The van der Waals surface area contributed by atoms with Crippen molar-refractivity contribution >= 4 is 29.8 Å². The maximum absolute atomic E-state index is 12.8. The van der Waals surface area contributed by atoms with Gasteiger partial charge in [-0.2, -0.15) is 0 Å². The Balaban J connectivity index is 0.000000180. The lowest BCUT2D eigenvalue weighted by atomic mass is 10.1. The Morgan fingerprint density at radius 2 is 1.23 bits per heavy atom. The number of ether oxygens (including phenoxy) is 3. The molecule has 6 rings (SSSR count). The molecule has 12 nitrogen and oxygen atoms in total. The van der Waals surface area contributed by atoms with Crippen LogP contribution >= 0.6 is 0 Å². The Hall–Kier alpha value is -3.93. The van der Waals surface area contributed by atoms with E-state index in [1.54, 1.807) is 28.5 Å². The van der Waals surface area contributed by atoms with Crippen LogP contribution in [0.5, 0.6) is 0 Å². The Morgan fingerprint density at radius 1 is 0.744 bits per heavy atom. The SMILES string of the molecule is CC1=C(N2CC3=C(CCN(C(=O)OC(C)(C)C)CC3)C2=O)COC1=O.CC1=C(N2CC3=C(CCNCC3)C2=O)COC1=O. The van der Waals surface area contributed by atoms with Crippen LogP contribution in [0.15, 0.2) is 44.8 Å². The maximum Gasteiger partial charge on any atom is 0.410 e. The van der Waals surface area contributed by atoms with Gasteiger partial charge in [-0.1, -0.05) is 0 Å². The molecule has 0 fully saturated rings. The summed E-state index contributed by atoms with van der Waals surface area (Å²) in [4.78, 5) is 65.4. The van der Waals surface area contributed by atoms with Crippen molar-refractivity contribution in [3.63, 3.8) is 0 Å². The molecule has 0 saturated carbocycles. The van der Waals surface area contributed by atoms with Gasteiger partial charge < -0.3 is 34.2 Å². The Labute approximate surface area is 251 Å². The molecule has 43 heavy (non-hydrogen) atoms. The summed E-state index contributed by atoms with van der Waals surface area (Å²) < 4.78 is 15.4. The van der Waals surface area contributed by atoms with Gasteiger partial charge in [0.25, 0.3) is 11.8 Å². The summed E-state index contributed by atoms with van der Waals surface area (Å²) in [5, 5.41) is 3.29. The van der Waals surface area contributed by atoms with Crippen molar-refractivity contribution in [1.82, 2.24) is 20.0 Å². The van der Waals surface area contributed by atoms with Crippen LogP contribution in [0.25, 0.3) is 0 Å². The molecule has 0 aromatic heterocycles. The fourth-order valence-corrected chi connectivity index (χ4v) is 6.02. The Kier molecular flexibility index (Phi) is 8.51. The van der Waals surface area contributed by atoms with Gasteiger partial charge in [-0.25, -0.2) is 14.4 Å². The molecule has 6 heterocycles. The molecule has 1 N–H and O–H groups in total. The first kappa shape index (κ1) is 30.5. The third kappa shape index (κ3) is 6.24. The topological polar surface area (TPSA) is 135 Å². The summed E-state index contributed by atoms with van der Waals surface area (Å²) >= 11 is 0. The first-order valence-electron chi connectivity index (χ1n) is 14.8. The van der Waals surface area contributed by atoms with Crippen molar-refractivity contribution in [2.75, 3.05) is 52.5 Å². The number of hydrogen-bond donors (Lipinski definition) is 1. The van der Waals surface area contributed by atoms with Crippen molar-refractivity contribution in [1.29, 1.82) is 0 Å². The highest BCUT2D eigenvalue weighted by Crippen LogP contribution is 2.33. The molecule has 232 valence electrons. The highest BCUT2D eigenvalue weighted by Gasteiger charge is 2.39. The molecular weight excluding hydrogens is 556 g/mol. The lowest BCUT2D eigenvalue weighted by molar-refractivity contribution is -0.137. The molecule has 6 aliphatic heterocycles. The summed E-state index contributed by atoms with van der Waals surface area (Å²) in [6.07, 6.45) is 2.50. The summed E-state index contributed by atoms with van der Waals surface area (Å²) in [6.45, 7) is 13.2. The average Bonchev–Trinajstić information content (AvgIpc) is 3.52. The molecule has 0 radical (unpaired) electrons. The van der Waals surface area contributed by atoms with Gasteiger partial charge in [0.15, 0.2) is 0 Å². The summed E-state index contributed by atoms with van der Waals surface area (Å²) in [6, 6.07) is 0. The molecule has 0 aliphatic carbocycles. The summed E-state index contributed by atoms with van der Waals surface area (Å²) in [5.41, 5.74) is 5.87. The van der Waals surface area contributed by atoms with E-state index in [9.17, 15) is 24.0 Å². The van der Waals surface area contributed by atoms with E-state index in [1.807, 2.05) is 20.8 Å². The van der Waals surface area contributed by atoms with Crippen molar-refractivity contribution in [3.05, 3.63) is 44.8 Å². The van der Waals surface area contributed by atoms with Gasteiger partial charge in [0, 0.05) is 37.3 Å². The van der Waals surface area contributed by atoms with Gasteiger partial charge in [-0.05, 0) is 84.5 Å². The third-order valence-corrected chi connectivity index (χ3v) is 8.49. The average molecular weight is 597 g/mol. The number of hydrogen-bond acceptors (Lipinski definition) is 9. The van der Waals surface area contributed by atoms with E-state index in [-0.39, 0.29) is 43.1 Å². The molecular formula is C31H40N4O8. The smallest absolute Gasteiger partial charge is 0.410 e. The number of rotatable bonds is 2. The number of carbonyl (C=O) groups is 5. The van der Waals surface area contributed by atoms with Gasteiger partial charge in [0.05, 0.1) is 22.5 Å². The Bertz CT molecular complexity index is 1400. The maximum atomic E-state index is 12.8. The molecule has 0 atom stereocenters. The van der Waals surface area contributed by atoms with Crippen molar-refractivity contribution in [3.8, 4) is 0 Å². The predicted octanol–water partition coefficient (Wildman–Crippen LogP) is 2.33. The van der Waals surface area contributed by atoms with Crippen LogP contribution < -0.4 is 5.32 Å².